The number of thioether (sulfide) groups is 1. The van der Waals surface area contributed by atoms with Gasteiger partial charge in [-0.3, -0.25) is 9.98 Å². The number of hydrogen-bond donors (Lipinski definition) is 0. The minimum absolute atomic E-state index is 0.0152. The summed E-state index contributed by atoms with van der Waals surface area (Å²) in [7, 11) is 0. The summed E-state index contributed by atoms with van der Waals surface area (Å²) in [5, 5.41) is 1.13. The maximum Gasteiger partial charge on any atom is 0.160 e. The molecule has 0 spiro atoms. The lowest BCUT2D eigenvalue weighted by atomic mass is 10.0. The third kappa shape index (κ3) is 2.44. The minimum atomic E-state index is 0.0152. The van der Waals surface area contributed by atoms with Crippen molar-refractivity contribution in [3.63, 3.8) is 0 Å². The predicted octanol–water partition coefficient (Wildman–Crippen LogP) is 3.47. The summed E-state index contributed by atoms with van der Waals surface area (Å²) in [5.41, 5.74) is 2.22. The zero-order valence-corrected chi connectivity index (χ0v) is 14.4. The highest BCUT2D eigenvalue weighted by atomic mass is 32.2. The molecule has 0 saturated carbocycles. The predicted molar refractivity (Wildman–Crippen MR) is 99.9 cm³/mol. The molecule has 5 heterocycles. The Kier molecular flexibility index (Phi) is 3.56. The molecule has 0 aliphatic carbocycles. The molecule has 0 unspecified atom stereocenters. The lowest BCUT2D eigenvalue weighted by Crippen LogP contribution is -2.29. The number of nitrogens with zero attached hydrogens (tertiary/aromatic N) is 5. The molecule has 0 amide bonds. The van der Waals surface area contributed by atoms with Crippen molar-refractivity contribution in [2.75, 3.05) is 12.3 Å². The van der Waals surface area contributed by atoms with Crippen molar-refractivity contribution in [3.8, 4) is 5.82 Å². The Morgan fingerprint density at radius 2 is 1.84 bits per heavy atom. The Labute approximate surface area is 150 Å². The van der Waals surface area contributed by atoms with Crippen LogP contribution < -0.4 is 0 Å². The number of hydrogen-bond acceptors (Lipinski definition) is 5. The van der Waals surface area contributed by atoms with E-state index in [-0.39, 0.29) is 12.1 Å². The van der Waals surface area contributed by atoms with Crippen molar-refractivity contribution in [1.29, 1.82) is 0 Å². The Morgan fingerprint density at radius 1 is 0.960 bits per heavy atom. The second-order valence-corrected chi connectivity index (χ2v) is 7.15. The highest BCUT2D eigenvalue weighted by molar-refractivity contribution is 8.14. The second kappa shape index (κ2) is 6.04. The topological polar surface area (TPSA) is 46.3 Å². The van der Waals surface area contributed by atoms with Crippen LogP contribution >= 0.6 is 11.8 Å². The van der Waals surface area contributed by atoms with Crippen molar-refractivity contribution in [2.45, 2.75) is 12.1 Å². The molecule has 2 aliphatic rings. The number of amidine groups is 1. The maximum atomic E-state index is 5.00. The molecule has 1 saturated heterocycles. The molecule has 3 aromatic heterocycles. The van der Waals surface area contributed by atoms with Gasteiger partial charge in [0.05, 0.1) is 11.7 Å². The van der Waals surface area contributed by atoms with Gasteiger partial charge in [-0.05, 0) is 36.4 Å². The number of pyridine rings is 2. The average molecular weight is 347 g/mol. The van der Waals surface area contributed by atoms with Crippen LogP contribution in [0.5, 0.6) is 0 Å². The van der Waals surface area contributed by atoms with Gasteiger partial charge in [0.15, 0.2) is 5.17 Å². The standard InChI is InChI=1S/C19H17N5S/c1-3-9-20-14(6-1)17-18(24-12-13-25-19(24)22-17)15-7-5-11-23(15)16-8-2-4-10-21-16/h1-11,17-18H,12-13H2/t17-,18-/m1/s1. The van der Waals surface area contributed by atoms with Gasteiger partial charge in [-0.1, -0.05) is 23.9 Å². The summed E-state index contributed by atoms with van der Waals surface area (Å²) in [6, 6.07) is 16.5. The third-order valence-electron chi connectivity index (χ3n) is 4.66. The molecule has 0 aromatic carbocycles. The summed E-state index contributed by atoms with van der Waals surface area (Å²) in [6.07, 6.45) is 5.76. The van der Waals surface area contributed by atoms with Gasteiger partial charge < -0.3 is 9.47 Å². The summed E-state index contributed by atoms with van der Waals surface area (Å²) >= 11 is 1.84. The third-order valence-corrected chi connectivity index (χ3v) is 5.65. The van der Waals surface area contributed by atoms with E-state index in [1.165, 1.54) is 5.69 Å². The second-order valence-electron chi connectivity index (χ2n) is 6.09. The van der Waals surface area contributed by atoms with Crippen LogP contribution in [-0.4, -0.2) is 36.9 Å². The van der Waals surface area contributed by atoms with Gasteiger partial charge in [-0.25, -0.2) is 4.98 Å². The average Bonchev–Trinajstić information content (AvgIpc) is 3.38. The van der Waals surface area contributed by atoms with Crippen molar-refractivity contribution in [3.05, 3.63) is 78.5 Å². The van der Waals surface area contributed by atoms with Gasteiger partial charge in [-0.15, -0.1) is 0 Å². The molecule has 6 heteroatoms. The summed E-state index contributed by atoms with van der Waals surface area (Å²) in [5.74, 6) is 2.02. The molecule has 1 fully saturated rings. The largest absolute Gasteiger partial charge is 0.339 e. The minimum Gasteiger partial charge on any atom is -0.339 e. The van der Waals surface area contributed by atoms with Crippen LogP contribution in [0.2, 0.25) is 0 Å². The van der Waals surface area contributed by atoms with E-state index in [4.69, 9.17) is 4.99 Å². The summed E-state index contributed by atoms with van der Waals surface area (Å²) < 4.78 is 2.17. The first-order valence-electron chi connectivity index (χ1n) is 8.39. The fourth-order valence-electron chi connectivity index (χ4n) is 3.58. The first kappa shape index (κ1) is 14.7. The zero-order valence-electron chi connectivity index (χ0n) is 13.6. The fraction of sp³-hybridized carbons (Fsp3) is 0.211. The molecular weight excluding hydrogens is 330 g/mol. The summed E-state index contributed by atoms with van der Waals surface area (Å²) in [4.78, 5) is 16.5. The van der Waals surface area contributed by atoms with Gasteiger partial charge in [0.2, 0.25) is 0 Å². The van der Waals surface area contributed by atoms with Crippen LogP contribution in [0.1, 0.15) is 23.5 Å². The van der Waals surface area contributed by atoms with Gasteiger partial charge in [-0.2, -0.15) is 0 Å². The van der Waals surface area contributed by atoms with Gasteiger partial charge in [0, 0.05) is 36.6 Å². The van der Waals surface area contributed by atoms with Gasteiger partial charge >= 0.3 is 0 Å². The van der Waals surface area contributed by atoms with Crippen molar-refractivity contribution < 1.29 is 0 Å². The number of fused-ring (bicyclic) bond motifs is 1. The highest BCUT2D eigenvalue weighted by Gasteiger charge is 2.42. The Bertz CT molecular complexity index is 906. The molecule has 0 bridgehead atoms. The van der Waals surface area contributed by atoms with E-state index in [0.29, 0.717) is 0 Å². The number of aliphatic imine (C=N–C) groups is 1. The first-order valence-corrected chi connectivity index (χ1v) is 9.37. The van der Waals surface area contributed by atoms with Crippen LogP contribution in [0, 0.1) is 0 Å². The quantitative estimate of drug-likeness (QED) is 0.728. The molecule has 5 nitrogen and oxygen atoms in total. The SMILES string of the molecule is c1ccc([C@H]2N=C3SCCN3[C@@H]2c2cccn2-c2ccccn2)nc1. The molecule has 25 heavy (non-hydrogen) atoms. The highest BCUT2D eigenvalue weighted by Crippen LogP contribution is 2.46. The van der Waals surface area contributed by atoms with Crippen LogP contribution in [0.3, 0.4) is 0 Å². The zero-order chi connectivity index (χ0) is 16.6. The van der Waals surface area contributed by atoms with E-state index in [0.717, 1.165) is 29.0 Å². The van der Waals surface area contributed by atoms with Crippen molar-refractivity contribution in [2.24, 2.45) is 4.99 Å². The maximum absolute atomic E-state index is 5.00. The van der Waals surface area contributed by atoms with E-state index in [2.05, 4.69) is 43.8 Å². The lowest BCUT2D eigenvalue weighted by Gasteiger charge is -2.27. The monoisotopic (exact) mass is 347 g/mol. The van der Waals surface area contributed by atoms with E-state index in [1.54, 1.807) is 0 Å². The number of rotatable bonds is 3. The van der Waals surface area contributed by atoms with Gasteiger partial charge in [0.1, 0.15) is 11.9 Å². The van der Waals surface area contributed by atoms with Crippen LogP contribution in [0.15, 0.2) is 72.1 Å². The molecule has 2 aliphatic heterocycles. The smallest absolute Gasteiger partial charge is 0.160 e. The Hall–Kier alpha value is -2.60. The molecular formula is C19H17N5S. The lowest BCUT2D eigenvalue weighted by molar-refractivity contribution is 0.322. The fourth-order valence-corrected chi connectivity index (χ4v) is 4.61. The molecule has 5 rings (SSSR count). The first-order chi connectivity index (χ1) is 12.4. The van der Waals surface area contributed by atoms with Crippen LogP contribution in [0.4, 0.5) is 0 Å². The normalized spacial score (nSPS) is 22.1. The summed E-state index contributed by atoms with van der Waals surface area (Å²) in [6.45, 7) is 1.02. The molecule has 2 atom stereocenters. The van der Waals surface area contributed by atoms with E-state index in [9.17, 15) is 0 Å². The molecule has 0 radical (unpaired) electrons. The van der Waals surface area contributed by atoms with E-state index < -0.39 is 0 Å². The van der Waals surface area contributed by atoms with E-state index in [1.807, 2.05) is 54.5 Å². The molecule has 3 aromatic rings. The molecule has 124 valence electrons. The van der Waals surface area contributed by atoms with Crippen molar-refractivity contribution in [1.82, 2.24) is 19.4 Å². The Balaban J connectivity index is 1.62. The van der Waals surface area contributed by atoms with Crippen LogP contribution in [-0.2, 0) is 0 Å². The number of aromatic nitrogens is 3. The molecule has 0 N–H and O–H groups in total. The van der Waals surface area contributed by atoms with Crippen LogP contribution in [0.25, 0.3) is 5.82 Å². The van der Waals surface area contributed by atoms with Crippen molar-refractivity contribution >= 4 is 16.9 Å². The van der Waals surface area contributed by atoms with Gasteiger partial charge in [0.25, 0.3) is 0 Å². The Morgan fingerprint density at radius 3 is 2.64 bits per heavy atom. The van der Waals surface area contributed by atoms with E-state index >= 15 is 0 Å².